The summed E-state index contributed by atoms with van der Waals surface area (Å²) < 4.78 is 10.7. The number of para-hydroxylation sites is 3. The van der Waals surface area contributed by atoms with E-state index < -0.39 is 0 Å². The number of fused-ring (bicyclic) bond motifs is 1. The standard InChI is InChI=1S/C27H26N4O3/c1-33-23-13-12-19(18-24(23)34-2)26(32)25-27(29-22-11-7-6-10-21(22)28-25)31-16-14-30(15-17-31)20-8-4-3-5-9-20/h3-13,18H,14-17H2,1-2H3. The number of nitrogens with zero attached hydrogens (tertiary/aromatic N) is 4. The monoisotopic (exact) mass is 454 g/mol. The number of anilines is 2. The van der Waals surface area contributed by atoms with E-state index in [1.807, 2.05) is 30.3 Å². The third-order valence-corrected chi connectivity index (χ3v) is 6.11. The van der Waals surface area contributed by atoms with Crippen molar-refractivity contribution in [3.8, 4) is 11.5 Å². The van der Waals surface area contributed by atoms with Crippen molar-refractivity contribution in [2.24, 2.45) is 0 Å². The Kier molecular flexibility index (Phi) is 5.99. The van der Waals surface area contributed by atoms with Crippen molar-refractivity contribution < 1.29 is 14.3 Å². The first kappa shape index (κ1) is 21.7. The molecule has 1 saturated heterocycles. The average molecular weight is 455 g/mol. The number of rotatable bonds is 6. The molecule has 2 heterocycles. The van der Waals surface area contributed by atoms with E-state index >= 15 is 0 Å². The molecule has 1 aliphatic heterocycles. The Morgan fingerprint density at radius 1 is 0.735 bits per heavy atom. The van der Waals surface area contributed by atoms with Gasteiger partial charge in [0.2, 0.25) is 5.78 Å². The van der Waals surface area contributed by atoms with Crippen molar-refractivity contribution in [3.05, 3.63) is 84.1 Å². The molecule has 0 saturated carbocycles. The maximum atomic E-state index is 13.7. The average Bonchev–Trinajstić information content (AvgIpc) is 2.92. The molecule has 0 amide bonds. The van der Waals surface area contributed by atoms with Gasteiger partial charge in [-0.1, -0.05) is 30.3 Å². The Bertz CT molecular complexity index is 1320. The van der Waals surface area contributed by atoms with Crippen molar-refractivity contribution in [2.45, 2.75) is 0 Å². The maximum Gasteiger partial charge on any atom is 0.215 e. The first-order valence-electron chi connectivity index (χ1n) is 11.3. The van der Waals surface area contributed by atoms with E-state index in [-0.39, 0.29) is 5.78 Å². The maximum absolute atomic E-state index is 13.7. The quantitative estimate of drug-likeness (QED) is 0.405. The lowest BCUT2D eigenvalue weighted by Gasteiger charge is -2.37. The van der Waals surface area contributed by atoms with Crippen LogP contribution >= 0.6 is 0 Å². The van der Waals surface area contributed by atoms with Gasteiger partial charge >= 0.3 is 0 Å². The van der Waals surface area contributed by atoms with Crippen LogP contribution in [-0.4, -0.2) is 56.1 Å². The van der Waals surface area contributed by atoms with E-state index in [1.165, 1.54) is 5.69 Å². The second-order valence-electron chi connectivity index (χ2n) is 8.09. The van der Waals surface area contributed by atoms with Crippen LogP contribution in [-0.2, 0) is 0 Å². The predicted octanol–water partition coefficient (Wildman–Crippen LogP) is 4.20. The van der Waals surface area contributed by atoms with Gasteiger partial charge in [0.25, 0.3) is 0 Å². The molecule has 7 heteroatoms. The highest BCUT2D eigenvalue weighted by Crippen LogP contribution is 2.30. The molecule has 172 valence electrons. The Morgan fingerprint density at radius 3 is 2.03 bits per heavy atom. The van der Waals surface area contributed by atoms with Crippen LogP contribution < -0.4 is 19.3 Å². The lowest BCUT2D eigenvalue weighted by atomic mass is 10.1. The number of ketones is 1. The van der Waals surface area contributed by atoms with Gasteiger partial charge in [0, 0.05) is 37.4 Å². The van der Waals surface area contributed by atoms with Gasteiger partial charge in [0.1, 0.15) is 0 Å². The topological polar surface area (TPSA) is 67.8 Å². The molecule has 3 aromatic carbocycles. The molecule has 0 aliphatic carbocycles. The molecule has 0 spiro atoms. The minimum absolute atomic E-state index is 0.195. The van der Waals surface area contributed by atoms with Gasteiger partial charge in [0.15, 0.2) is 23.0 Å². The highest BCUT2D eigenvalue weighted by Gasteiger charge is 2.26. The van der Waals surface area contributed by atoms with Crippen molar-refractivity contribution in [2.75, 3.05) is 50.2 Å². The third kappa shape index (κ3) is 4.12. The van der Waals surface area contributed by atoms with Crippen molar-refractivity contribution in [3.63, 3.8) is 0 Å². The molecule has 4 aromatic rings. The van der Waals surface area contributed by atoms with Crippen molar-refractivity contribution in [1.29, 1.82) is 0 Å². The van der Waals surface area contributed by atoms with Crippen LogP contribution in [0.3, 0.4) is 0 Å². The molecule has 0 atom stereocenters. The first-order valence-corrected chi connectivity index (χ1v) is 11.3. The zero-order valence-electron chi connectivity index (χ0n) is 19.3. The smallest absolute Gasteiger partial charge is 0.215 e. The molecule has 1 aromatic heterocycles. The van der Waals surface area contributed by atoms with Crippen LogP contribution in [0.15, 0.2) is 72.8 Å². The molecule has 1 aliphatic rings. The molecule has 0 bridgehead atoms. The second kappa shape index (κ2) is 9.39. The summed E-state index contributed by atoms with van der Waals surface area (Å²) in [6.45, 7) is 3.16. The summed E-state index contributed by atoms with van der Waals surface area (Å²) in [5.41, 5.74) is 3.49. The van der Waals surface area contributed by atoms with Crippen LogP contribution in [0.2, 0.25) is 0 Å². The van der Waals surface area contributed by atoms with Crippen LogP contribution in [0, 0.1) is 0 Å². The van der Waals surface area contributed by atoms with Gasteiger partial charge in [-0.25, -0.2) is 9.97 Å². The molecule has 1 fully saturated rings. The normalized spacial score (nSPS) is 13.7. The summed E-state index contributed by atoms with van der Waals surface area (Å²) in [6.07, 6.45) is 0. The van der Waals surface area contributed by atoms with E-state index in [4.69, 9.17) is 19.4 Å². The number of carbonyl (C=O) groups is 1. The molecule has 34 heavy (non-hydrogen) atoms. The van der Waals surface area contributed by atoms with Crippen LogP contribution in [0.4, 0.5) is 11.5 Å². The van der Waals surface area contributed by atoms with E-state index in [0.29, 0.717) is 34.1 Å². The second-order valence-corrected chi connectivity index (χ2v) is 8.09. The molecule has 0 N–H and O–H groups in total. The summed E-state index contributed by atoms with van der Waals surface area (Å²) >= 11 is 0. The first-order chi connectivity index (χ1) is 16.7. The molecular formula is C27H26N4O3. The van der Waals surface area contributed by atoms with Gasteiger partial charge in [-0.05, 0) is 42.5 Å². The summed E-state index contributed by atoms with van der Waals surface area (Å²) in [5, 5.41) is 0. The van der Waals surface area contributed by atoms with Gasteiger partial charge < -0.3 is 19.3 Å². The lowest BCUT2D eigenvalue weighted by Crippen LogP contribution is -2.47. The van der Waals surface area contributed by atoms with Crippen LogP contribution in [0.25, 0.3) is 11.0 Å². The SMILES string of the molecule is COc1ccc(C(=O)c2nc3ccccc3nc2N2CCN(c3ccccc3)CC2)cc1OC. The molecule has 0 radical (unpaired) electrons. The highest BCUT2D eigenvalue weighted by molar-refractivity contribution is 6.11. The zero-order chi connectivity index (χ0) is 23.5. The summed E-state index contributed by atoms with van der Waals surface area (Å²) in [6, 6.07) is 23.2. The van der Waals surface area contributed by atoms with Gasteiger partial charge in [-0.2, -0.15) is 0 Å². The predicted molar refractivity (Wildman–Crippen MR) is 133 cm³/mol. The number of piperazine rings is 1. The number of benzene rings is 3. The number of aromatic nitrogens is 2. The zero-order valence-corrected chi connectivity index (χ0v) is 19.3. The van der Waals surface area contributed by atoms with Crippen LogP contribution in [0.1, 0.15) is 16.1 Å². The fourth-order valence-electron chi connectivity index (χ4n) is 4.29. The number of hydrogen-bond donors (Lipinski definition) is 0. The van der Waals surface area contributed by atoms with E-state index in [0.717, 1.165) is 31.7 Å². The third-order valence-electron chi connectivity index (χ3n) is 6.11. The van der Waals surface area contributed by atoms with Gasteiger partial charge in [-0.3, -0.25) is 4.79 Å². The van der Waals surface area contributed by atoms with Crippen molar-refractivity contribution >= 4 is 28.3 Å². The molecule has 7 nitrogen and oxygen atoms in total. The number of carbonyl (C=O) groups excluding carboxylic acids is 1. The minimum Gasteiger partial charge on any atom is -0.493 e. The fourth-order valence-corrected chi connectivity index (χ4v) is 4.29. The van der Waals surface area contributed by atoms with E-state index in [2.05, 4.69) is 34.1 Å². The number of ether oxygens (including phenoxy) is 2. The fraction of sp³-hybridized carbons (Fsp3) is 0.222. The van der Waals surface area contributed by atoms with Gasteiger partial charge in [0.05, 0.1) is 25.3 Å². The van der Waals surface area contributed by atoms with Crippen LogP contribution in [0.5, 0.6) is 11.5 Å². The Labute approximate surface area is 198 Å². The molecule has 0 unspecified atom stereocenters. The van der Waals surface area contributed by atoms with E-state index in [9.17, 15) is 4.79 Å². The Morgan fingerprint density at radius 2 is 1.35 bits per heavy atom. The lowest BCUT2D eigenvalue weighted by molar-refractivity contribution is 0.103. The van der Waals surface area contributed by atoms with Gasteiger partial charge in [-0.15, -0.1) is 0 Å². The molecule has 5 rings (SSSR count). The summed E-state index contributed by atoms with van der Waals surface area (Å²) in [4.78, 5) is 27.8. The summed E-state index contributed by atoms with van der Waals surface area (Å²) in [7, 11) is 3.13. The summed E-state index contributed by atoms with van der Waals surface area (Å²) in [5.74, 6) is 1.49. The largest absolute Gasteiger partial charge is 0.493 e. The minimum atomic E-state index is -0.195. The van der Waals surface area contributed by atoms with Crippen molar-refractivity contribution in [1.82, 2.24) is 9.97 Å². The Hall–Kier alpha value is -4.13. The number of hydrogen-bond acceptors (Lipinski definition) is 7. The number of methoxy groups -OCH3 is 2. The van der Waals surface area contributed by atoms with E-state index in [1.54, 1.807) is 32.4 Å². The molecular weight excluding hydrogens is 428 g/mol. The Balaban J connectivity index is 1.50. The highest BCUT2D eigenvalue weighted by atomic mass is 16.5.